The lowest BCUT2D eigenvalue weighted by atomic mass is 10.0. The summed E-state index contributed by atoms with van der Waals surface area (Å²) in [4.78, 5) is 71.3. The largest absolute Gasteiger partial charge is 0.480 e. The molecule has 1 aromatic heterocycles. The first-order valence-corrected chi connectivity index (χ1v) is 12.5. The first-order chi connectivity index (χ1) is 17.9. The zero-order valence-corrected chi connectivity index (χ0v) is 20.2. The number of benzene rings is 2. The predicted molar refractivity (Wildman–Crippen MR) is 135 cm³/mol. The molecule has 37 heavy (non-hydrogen) atoms. The number of carboxylic acids is 1. The molecule has 2 aliphatic rings. The quantitative estimate of drug-likeness (QED) is 0.523. The van der Waals surface area contributed by atoms with Gasteiger partial charge in [-0.3, -0.25) is 14.4 Å². The van der Waals surface area contributed by atoms with Gasteiger partial charge in [-0.05, 0) is 43.4 Å². The fraction of sp³-hybridized carbons (Fsp3) is 0.370. The van der Waals surface area contributed by atoms with Gasteiger partial charge in [-0.1, -0.05) is 42.5 Å². The van der Waals surface area contributed by atoms with Crippen molar-refractivity contribution >= 4 is 28.7 Å². The van der Waals surface area contributed by atoms with Crippen LogP contribution in [0.2, 0.25) is 0 Å². The Labute approximate surface area is 212 Å². The van der Waals surface area contributed by atoms with Crippen LogP contribution in [0.1, 0.15) is 37.3 Å². The highest BCUT2D eigenvalue weighted by molar-refractivity contribution is 5.92. The topological polar surface area (TPSA) is 133 Å². The smallest absolute Gasteiger partial charge is 0.329 e. The molecule has 3 aromatic rings. The summed E-state index contributed by atoms with van der Waals surface area (Å²) in [6, 6.07) is 12.8. The number of aromatic amines is 1. The second-order valence-electron chi connectivity index (χ2n) is 9.57. The Morgan fingerprint density at radius 3 is 2.27 bits per heavy atom. The van der Waals surface area contributed by atoms with Crippen molar-refractivity contribution in [2.24, 2.45) is 0 Å². The van der Waals surface area contributed by atoms with E-state index in [1.165, 1.54) is 9.80 Å². The number of aliphatic carboxylic acids is 1. The first kappa shape index (κ1) is 24.5. The van der Waals surface area contributed by atoms with Crippen molar-refractivity contribution in [2.45, 2.75) is 50.2 Å². The lowest BCUT2D eigenvalue weighted by Crippen LogP contribution is -2.53. The number of nitrogens with zero attached hydrogens (tertiary/aromatic N) is 3. The molecule has 0 saturated carbocycles. The molecule has 0 unspecified atom stereocenters. The van der Waals surface area contributed by atoms with Crippen molar-refractivity contribution in [1.29, 1.82) is 0 Å². The summed E-state index contributed by atoms with van der Waals surface area (Å²) < 4.78 is 0.952. The van der Waals surface area contributed by atoms with Gasteiger partial charge in [0.05, 0.1) is 10.9 Å². The molecule has 0 aliphatic carbocycles. The Hall–Kier alpha value is -4.21. The molecule has 3 atom stereocenters. The van der Waals surface area contributed by atoms with E-state index in [1.54, 1.807) is 24.3 Å². The fourth-order valence-electron chi connectivity index (χ4n) is 5.54. The normalized spacial score (nSPS) is 20.3. The lowest BCUT2D eigenvalue weighted by Gasteiger charge is -2.32. The van der Waals surface area contributed by atoms with Crippen LogP contribution in [0.25, 0.3) is 10.9 Å². The Balaban J connectivity index is 1.54. The number of carbonyl (C=O) groups is 3. The maximum absolute atomic E-state index is 14.1. The van der Waals surface area contributed by atoms with Gasteiger partial charge in [0.1, 0.15) is 18.1 Å². The van der Waals surface area contributed by atoms with Crippen LogP contribution in [-0.4, -0.2) is 67.4 Å². The highest BCUT2D eigenvalue weighted by Gasteiger charge is 2.44. The fourth-order valence-corrected chi connectivity index (χ4v) is 5.54. The molecule has 0 radical (unpaired) electrons. The molecule has 192 valence electrons. The first-order valence-electron chi connectivity index (χ1n) is 12.5. The molecule has 2 saturated heterocycles. The van der Waals surface area contributed by atoms with Crippen LogP contribution < -0.4 is 11.2 Å². The molecular weight excluding hydrogens is 476 g/mol. The summed E-state index contributed by atoms with van der Waals surface area (Å²) >= 11 is 0. The summed E-state index contributed by atoms with van der Waals surface area (Å²) in [5.74, 6) is -1.96. The van der Waals surface area contributed by atoms with E-state index in [2.05, 4.69) is 4.98 Å². The monoisotopic (exact) mass is 504 g/mol. The lowest BCUT2D eigenvalue weighted by molar-refractivity contribution is -0.152. The molecule has 2 amide bonds. The Bertz CT molecular complexity index is 1460. The van der Waals surface area contributed by atoms with Gasteiger partial charge in [0.25, 0.3) is 5.56 Å². The van der Waals surface area contributed by atoms with E-state index in [4.69, 9.17) is 0 Å². The van der Waals surface area contributed by atoms with Gasteiger partial charge in [0, 0.05) is 19.5 Å². The number of likely N-dealkylation sites (tertiary alicyclic amines) is 2. The van der Waals surface area contributed by atoms with Gasteiger partial charge in [0.2, 0.25) is 11.8 Å². The van der Waals surface area contributed by atoms with E-state index in [9.17, 15) is 29.1 Å². The van der Waals surface area contributed by atoms with Gasteiger partial charge in [0.15, 0.2) is 0 Å². The molecule has 3 heterocycles. The van der Waals surface area contributed by atoms with Crippen LogP contribution in [0.5, 0.6) is 0 Å². The second-order valence-corrected chi connectivity index (χ2v) is 9.57. The third kappa shape index (κ3) is 4.54. The number of carbonyl (C=O) groups excluding carboxylic acids is 2. The average molecular weight is 505 g/mol. The van der Waals surface area contributed by atoms with E-state index in [-0.39, 0.29) is 18.4 Å². The van der Waals surface area contributed by atoms with E-state index in [0.29, 0.717) is 37.7 Å². The minimum atomic E-state index is -1.18. The van der Waals surface area contributed by atoms with Crippen molar-refractivity contribution in [3.05, 3.63) is 81.0 Å². The third-order valence-electron chi connectivity index (χ3n) is 7.35. The van der Waals surface area contributed by atoms with Crippen LogP contribution in [0.3, 0.4) is 0 Å². The third-order valence-corrected chi connectivity index (χ3v) is 7.35. The Morgan fingerprint density at radius 1 is 0.892 bits per heavy atom. The molecule has 2 aromatic carbocycles. The number of para-hydroxylation sites is 1. The number of nitrogens with one attached hydrogen (secondary N) is 1. The molecule has 5 rings (SSSR count). The highest BCUT2D eigenvalue weighted by atomic mass is 16.4. The summed E-state index contributed by atoms with van der Waals surface area (Å²) in [5.41, 5.74) is -0.151. The predicted octanol–water partition coefficient (Wildman–Crippen LogP) is 1.54. The van der Waals surface area contributed by atoms with E-state index in [1.807, 2.05) is 30.3 Å². The standard InChI is InChI=1S/C27H28N4O6/c32-23-18-10-4-5-11-19(18)28-27(37)31(23)22(16-17-8-2-1-3-9-17)25(34)29-14-6-12-20(29)24(33)30-15-7-13-21(30)26(35)36/h1-5,8-11,20-22H,6-7,12-16H2,(H,28,37)(H,35,36)/t20-,21-,22-/m0/s1. The number of rotatable bonds is 6. The van der Waals surface area contributed by atoms with Crippen LogP contribution >= 0.6 is 0 Å². The molecule has 2 fully saturated rings. The summed E-state index contributed by atoms with van der Waals surface area (Å²) in [6.07, 6.45) is 2.01. The molecule has 0 spiro atoms. The average Bonchev–Trinajstić information content (AvgIpc) is 3.58. The Kier molecular flexibility index (Phi) is 6.64. The van der Waals surface area contributed by atoms with Gasteiger partial charge < -0.3 is 19.9 Å². The summed E-state index contributed by atoms with van der Waals surface area (Å²) in [6.45, 7) is 0.609. The van der Waals surface area contributed by atoms with Crippen LogP contribution in [-0.2, 0) is 20.8 Å². The Morgan fingerprint density at radius 2 is 1.54 bits per heavy atom. The van der Waals surface area contributed by atoms with E-state index < -0.39 is 47.2 Å². The molecule has 2 aliphatic heterocycles. The number of amides is 2. The number of hydrogen-bond acceptors (Lipinski definition) is 5. The summed E-state index contributed by atoms with van der Waals surface area (Å²) in [7, 11) is 0. The van der Waals surface area contributed by atoms with Crippen molar-refractivity contribution in [2.75, 3.05) is 13.1 Å². The molecule has 2 N–H and O–H groups in total. The number of aromatic nitrogens is 2. The number of carboxylic acid groups (broad SMARTS) is 1. The SMILES string of the molecule is O=C(O)[C@@H]1CCCN1C(=O)[C@@H]1CCCN1C(=O)[C@H](Cc1ccccc1)n1c(=O)[nH]c2ccccc2c1=O. The van der Waals surface area contributed by atoms with Gasteiger partial charge in [-0.25, -0.2) is 14.2 Å². The van der Waals surface area contributed by atoms with E-state index in [0.717, 1.165) is 10.1 Å². The van der Waals surface area contributed by atoms with E-state index >= 15 is 0 Å². The van der Waals surface area contributed by atoms with Gasteiger partial charge in [-0.2, -0.15) is 0 Å². The van der Waals surface area contributed by atoms with Crippen LogP contribution in [0.4, 0.5) is 0 Å². The molecule has 10 heteroatoms. The highest BCUT2D eigenvalue weighted by Crippen LogP contribution is 2.28. The zero-order chi connectivity index (χ0) is 26.1. The molecular formula is C27H28N4O6. The molecule has 0 bridgehead atoms. The number of H-pyrrole nitrogens is 1. The minimum Gasteiger partial charge on any atom is -0.480 e. The van der Waals surface area contributed by atoms with Gasteiger partial charge in [-0.15, -0.1) is 0 Å². The van der Waals surface area contributed by atoms with Crippen LogP contribution in [0.15, 0.2) is 64.2 Å². The van der Waals surface area contributed by atoms with Crippen molar-refractivity contribution < 1.29 is 19.5 Å². The van der Waals surface area contributed by atoms with Crippen molar-refractivity contribution in [3.63, 3.8) is 0 Å². The summed E-state index contributed by atoms with van der Waals surface area (Å²) in [5, 5.41) is 9.83. The van der Waals surface area contributed by atoms with Crippen molar-refractivity contribution in [1.82, 2.24) is 19.4 Å². The second kappa shape index (κ2) is 10.0. The zero-order valence-electron chi connectivity index (χ0n) is 20.2. The molecule has 10 nitrogen and oxygen atoms in total. The number of hydrogen-bond donors (Lipinski definition) is 2. The minimum absolute atomic E-state index is 0.0832. The van der Waals surface area contributed by atoms with Crippen molar-refractivity contribution in [3.8, 4) is 0 Å². The van der Waals surface area contributed by atoms with Crippen LogP contribution in [0, 0.1) is 0 Å². The maximum atomic E-state index is 14.1. The maximum Gasteiger partial charge on any atom is 0.329 e. The number of fused-ring (bicyclic) bond motifs is 1. The van der Waals surface area contributed by atoms with Gasteiger partial charge >= 0.3 is 11.7 Å².